The van der Waals surface area contributed by atoms with Crippen LogP contribution in [0.3, 0.4) is 0 Å². The second-order valence-electron chi connectivity index (χ2n) is 14.0. The number of para-hydroxylation sites is 1. The minimum Gasteiger partial charge on any atom is -0.456 e. The molecule has 0 aliphatic heterocycles. The monoisotopic (exact) mass is 704 g/mol. The van der Waals surface area contributed by atoms with Gasteiger partial charge < -0.3 is 13.7 Å². The van der Waals surface area contributed by atoms with Crippen LogP contribution in [0.2, 0.25) is 0 Å². The first kappa shape index (κ1) is 31.1. The predicted octanol–water partition coefficient (Wildman–Crippen LogP) is 14.5. The molecule has 4 nitrogen and oxygen atoms in total. The summed E-state index contributed by atoms with van der Waals surface area (Å²) in [5.41, 5.74) is 12.1. The molecule has 0 amide bonds. The van der Waals surface area contributed by atoms with Gasteiger partial charge in [0.25, 0.3) is 0 Å². The Morgan fingerprint density at radius 3 is 1.84 bits per heavy atom. The lowest BCUT2D eigenvalue weighted by Crippen LogP contribution is -2.10. The van der Waals surface area contributed by atoms with Crippen LogP contribution in [0.15, 0.2) is 203 Å². The van der Waals surface area contributed by atoms with Gasteiger partial charge in [-0.1, -0.05) is 121 Å². The molecule has 55 heavy (non-hydrogen) atoms. The van der Waals surface area contributed by atoms with Crippen LogP contribution in [0.5, 0.6) is 0 Å². The number of hydrogen-bond acceptors (Lipinski definition) is 4. The van der Waals surface area contributed by atoms with Gasteiger partial charge in [0.15, 0.2) is 5.58 Å². The van der Waals surface area contributed by atoms with E-state index in [1.165, 1.54) is 5.56 Å². The second kappa shape index (κ2) is 12.6. The molecule has 9 aromatic carbocycles. The number of fused-ring (bicyclic) bond motifs is 8. The fourth-order valence-corrected chi connectivity index (χ4v) is 7.96. The molecule has 0 saturated heterocycles. The summed E-state index contributed by atoms with van der Waals surface area (Å²) < 4.78 is 12.9. The van der Waals surface area contributed by atoms with Crippen LogP contribution in [-0.2, 0) is 0 Å². The van der Waals surface area contributed by atoms with Crippen molar-refractivity contribution in [2.75, 3.05) is 4.90 Å². The maximum Gasteiger partial charge on any atom is 0.227 e. The molecule has 0 aliphatic rings. The van der Waals surface area contributed by atoms with E-state index in [1.54, 1.807) is 0 Å². The summed E-state index contributed by atoms with van der Waals surface area (Å²) in [6, 6.07) is 68.2. The number of rotatable bonds is 6. The highest BCUT2D eigenvalue weighted by Gasteiger charge is 2.18. The third kappa shape index (κ3) is 5.34. The Morgan fingerprint density at radius 1 is 0.364 bits per heavy atom. The highest BCUT2D eigenvalue weighted by molar-refractivity contribution is 6.18. The summed E-state index contributed by atoms with van der Waals surface area (Å²) in [6.45, 7) is 0. The van der Waals surface area contributed by atoms with Gasteiger partial charge in [-0.3, -0.25) is 0 Å². The Labute approximate surface area is 317 Å². The smallest absolute Gasteiger partial charge is 0.227 e. The van der Waals surface area contributed by atoms with E-state index in [4.69, 9.17) is 13.8 Å². The summed E-state index contributed by atoms with van der Waals surface area (Å²) in [5, 5.41) is 6.72. The zero-order valence-corrected chi connectivity index (χ0v) is 29.7. The summed E-state index contributed by atoms with van der Waals surface area (Å²) in [4.78, 5) is 7.18. The fourth-order valence-electron chi connectivity index (χ4n) is 7.96. The van der Waals surface area contributed by atoms with E-state index in [-0.39, 0.29) is 0 Å². The van der Waals surface area contributed by atoms with Crippen molar-refractivity contribution < 1.29 is 8.83 Å². The SMILES string of the molecule is c1ccc(-c2cccc(N(c3ccc(-c4ccc5ccc6ccc7nc(-c8ccccc8)oc7c6c5c4)cc3)c3ccc4c(c3)oc3ccccc34)c2)cc1. The molecule has 2 aromatic heterocycles. The number of hydrogen-bond donors (Lipinski definition) is 0. The van der Waals surface area contributed by atoms with Crippen LogP contribution >= 0.6 is 0 Å². The third-order valence-electron chi connectivity index (χ3n) is 10.7. The second-order valence-corrected chi connectivity index (χ2v) is 14.0. The first-order chi connectivity index (χ1) is 27.2. The Bertz CT molecular complexity index is 3200. The lowest BCUT2D eigenvalue weighted by atomic mass is 9.96. The molecule has 0 aliphatic carbocycles. The molecule has 0 saturated carbocycles. The van der Waals surface area contributed by atoms with Crippen molar-refractivity contribution in [3.05, 3.63) is 194 Å². The van der Waals surface area contributed by atoms with Crippen molar-refractivity contribution >= 4 is 71.6 Å². The van der Waals surface area contributed by atoms with Gasteiger partial charge >= 0.3 is 0 Å². The summed E-state index contributed by atoms with van der Waals surface area (Å²) in [5.74, 6) is 0.630. The summed E-state index contributed by atoms with van der Waals surface area (Å²) in [6.07, 6.45) is 0. The lowest BCUT2D eigenvalue weighted by Gasteiger charge is -2.26. The van der Waals surface area contributed by atoms with Crippen molar-refractivity contribution in [2.24, 2.45) is 0 Å². The van der Waals surface area contributed by atoms with Gasteiger partial charge in [0.2, 0.25) is 5.89 Å². The molecule has 0 fully saturated rings. The number of anilines is 3. The number of benzene rings is 9. The first-order valence-corrected chi connectivity index (χ1v) is 18.5. The highest BCUT2D eigenvalue weighted by Crippen LogP contribution is 2.41. The number of oxazole rings is 1. The maximum absolute atomic E-state index is 6.50. The minimum absolute atomic E-state index is 0.630. The van der Waals surface area contributed by atoms with Gasteiger partial charge in [0, 0.05) is 44.9 Å². The van der Waals surface area contributed by atoms with Crippen LogP contribution in [0.1, 0.15) is 0 Å². The Hall–Kier alpha value is -7.43. The molecule has 0 radical (unpaired) electrons. The summed E-state index contributed by atoms with van der Waals surface area (Å²) >= 11 is 0. The molecule has 0 N–H and O–H groups in total. The Morgan fingerprint density at radius 2 is 0.982 bits per heavy atom. The largest absolute Gasteiger partial charge is 0.456 e. The molecule has 2 heterocycles. The molecule has 11 aromatic rings. The van der Waals surface area contributed by atoms with Crippen LogP contribution < -0.4 is 4.90 Å². The fraction of sp³-hybridized carbons (Fsp3) is 0. The van der Waals surface area contributed by atoms with Gasteiger partial charge in [-0.25, -0.2) is 4.98 Å². The molecule has 4 heteroatoms. The molecule has 0 bridgehead atoms. The Balaban J connectivity index is 1.03. The van der Waals surface area contributed by atoms with Gasteiger partial charge in [0.05, 0.1) is 0 Å². The van der Waals surface area contributed by atoms with Gasteiger partial charge in [-0.15, -0.1) is 0 Å². The van der Waals surface area contributed by atoms with Crippen molar-refractivity contribution in [3.8, 4) is 33.7 Å². The van der Waals surface area contributed by atoms with E-state index in [1.807, 2.05) is 42.5 Å². The normalized spacial score (nSPS) is 11.6. The quantitative estimate of drug-likeness (QED) is 0.162. The average Bonchev–Trinajstić information content (AvgIpc) is 3.86. The van der Waals surface area contributed by atoms with Gasteiger partial charge in [0.1, 0.15) is 16.7 Å². The molecule has 11 rings (SSSR count). The van der Waals surface area contributed by atoms with Gasteiger partial charge in [-0.05, 0) is 105 Å². The standard InChI is InChI=1S/C51H32N2O2/c1-3-10-33(11-4-1)38-14-9-15-41(30-38)53(42-27-28-44-43-16-7-8-17-47(43)54-48(44)32-42)40-25-22-34(23-26-40)39-21-19-35-18-20-36-24-29-46-50(49(36)45(35)31-39)55-51(52-46)37-12-5-2-6-13-37/h1-32H. The third-order valence-corrected chi connectivity index (χ3v) is 10.7. The van der Waals surface area contributed by atoms with Crippen LogP contribution in [-0.4, -0.2) is 4.98 Å². The zero-order chi connectivity index (χ0) is 36.3. The zero-order valence-electron chi connectivity index (χ0n) is 29.7. The predicted molar refractivity (Wildman–Crippen MR) is 227 cm³/mol. The molecule has 0 spiro atoms. The van der Waals surface area contributed by atoms with Crippen molar-refractivity contribution in [1.82, 2.24) is 4.98 Å². The molecule has 258 valence electrons. The van der Waals surface area contributed by atoms with Crippen molar-refractivity contribution in [3.63, 3.8) is 0 Å². The number of furan rings is 1. The summed E-state index contributed by atoms with van der Waals surface area (Å²) in [7, 11) is 0. The van der Waals surface area contributed by atoms with Crippen LogP contribution in [0, 0.1) is 0 Å². The number of nitrogens with zero attached hydrogens (tertiary/aromatic N) is 2. The van der Waals surface area contributed by atoms with E-state index < -0.39 is 0 Å². The molecular weight excluding hydrogens is 673 g/mol. The number of aromatic nitrogens is 1. The van der Waals surface area contributed by atoms with Crippen LogP contribution in [0.4, 0.5) is 17.1 Å². The molecular formula is C51H32N2O2. The van der Waals surface area contributed by atoms with Gasteiger partial charge in [-0.2, -0.15) is 0 Å². The average molecular weight is 705 g/mol. The molecule has 0 atom stereocenters. The first-order valence-electron chi connectivity index (χ1n) is 18.5. The minimum atomic E-state index is 0.630. The maximum atomic E-state index is 6.50. The lowest BCUT2D eigenvalue weighted by molar-refractivity contribution is 0.623. The van der Waals surface area contributed by atoms with E-state index in [2.05, 4.69) is 157 Å². The van der Waals surface area contributed by atoms with E-state index in [9.17, 15) is 0 Å². The highest BCUT2D eigenvalue weighted by atomic mass is 16.3. The van der Waals surface area contributed by atoms with Crippen LogP contribution in [0.25, 0.3) is 88.3 Å². The van der Waals surface area contributed by atoms with E-state index in [0.717, 1.165) is 93.9 Å². The van der Waals surface area contributed by atoms with Crippen molar-refractivity contribution in [1.29, 1.82) is 0 Å². The molecule has 0 unspecified atom stereocenters. The Kier molecular flexibility index (Phi) is 7.14. The van der Waals surface area contributed by atoms with E-state index >= 15 is 0 Å². The topological polar surface area (TPSA) is 42.4 Å². The van der Waals surface area contributed by atoms with E-state index in [0.29, 0.717) is 5.89 Å². The van der Waals surface area contributed by atoms with Crippen molar-refractivity contribution in [2.45, 2.75) is 0 Å².